The van der Waals surface area contributed by atoms with E-state index in [1.165, 1.54) is 28.8 Å². The van der Waals surface area contributed by atoms with Crippen molar-refractivity contribution in [2.45, 2.75) is 51.2 Å². The number of aryl methyl sites for hydroxylation is 1. The van der Waals surface area contributed by atoms with Crippen molar-refractivity contribution in [3.63, 3.8) is 0 Å². The second-order valence-electron chi connectivity index (χ2n) is 10.4. The summed E-state index contributed by atoms with van der Waals surface area (Å²) in [5, 5.41) is 24.9. The Hall–Kier alpha value is -4.37. The molecule has 0 radical (unpaired) electrons. The lowest BCUT2D eigenvalue weighted by atomic mass is 9.87. The minimum absolute atomic E-state index is 0.307. The maximum atomic E-state index is 13.7. The molecule has 206 valence electrons. The molecule has 9 heteroatoms. The molecule has 3 atom stereocenters. The molecule has 0 bridgehead atoms. The third-order valence-electron chi connectivity index (χ3n) is 7.39. The molecule has 1 aliphatic rings. The largest absolute Gasteiger partial charge is 0.481 e. The van der Waals surface area contributed by atoms with Gasteiger partial charge >= 0.3 is 5.97 Å². The predicted octanol–water partition coefficient (Wildman–Crippen LogP) is 5.18. The van der Waals surface area contributed by atoms with E-state index in [4.69, 9.17) is 9.82 Å². The zero-order valence-corrected chi connectivity index (χ0v) is 22.3. The summed E-state index contributed by atoms with van der Waals surface area (Å²) >= 11 is 0. The summed E-state index contributed by atoms with van der Waals surface area (Å²) in [4.78, 5) is 35.5. The number of aliphatic carboxylic acids is 1. The molecule has 2 heterocycles. The highest BCUT2D eigenvalue weighted by atomic mass is 19.1. The van der Waals surface area contributed by atoms with Gasteiger partial charge in [0, 0.05) is 18.4 Å². The van der Waals surface area contributed by atoms with Gasteiger partial charge in [-0.3, -0.25) is 14.2 Å². The molecule has 3 aromatic carbocycles. The smallest absolute Gasteiger partial charge is 0.306 e. The van der Waals surface area contributed by atoms with Gasteiger partial charge in [-0.25, -0.2) is 9.37 Å². The second kappa shape index (κ2) is 11.0. The minimum Gasteiger partial charge on any atom is -0.481 e. The number of carbonyl (C=O) groups is 1. The van der Waals surface area contributed by atoms with Crippen molar-refractivity contribution in [2.24, 2.45) is 11.1 Å². The number of rotatable bonds is 9. The Labute approximate surface area is 230 Å². The number of aromatic nitrogens is 2. The maximum Gasteiger partial charge on any atom is 0.306 e. The zero-order chi connectivity index (χ0) is 28.4. The minimum atomic E-state index is -0.961. The molecule has 0 spiro atoms. The number of oxime groups is 1. The number of aliphatic hydroxyl groups is 1. The standard InChI is InChI=1S/C31H30FN3O5/c1-19(30(38)39)7-6-10-27-33-25-17-21(11-16-24(25)29(37)35(27)23-14-12-22(32)13-15-23)26-18-31(2,40-34-26)28(36)20-8-4-3-5-9-20/h3-5,8-9,11-17,19,28,36H,6-7,10,18H2,1-2H3,(H,38,39)/t19?,28-,31?/m1/s1. The van der Waals surface area contributed by atoms with Crippen LogP contribution in [-0.2, 0) is 16.1 Å². The molecule has 0 fully saturated rings. The van der Waals surface area contributed by atoms with E-state index < -0.39 is 29.4 Å². The van der Waals surface area contributed by atoms with Crippen LogP contribution in [0, 0.1) is 11.7 Å². The Morgan fingerprint density at radius 1 is 1.12 bits per heavy atom. The van der Waals surface area contributed by atoms with E-state index in [2.05, 4.69) is 5.16 Å². The van der Waals surface area contributed by atoms with Crippen LogP contribution >= 0.6 is 0 Å². The summed E-state index contributed by atoms with van der Waals surface area (Å²) in [6.45, 7) is 3.44. The summed E-state index contributed by atoms with van der Waals surface area (Å²) in [5.74, 6) is -1.38. The lowest BCUT2D eigenvalue weighted by Crippen LogP contribution is -2.33. The maximum absolute atomic E-state index is 13.7. The van der Waals surface area contributed by atoms with Crippen LogP contribution in [0.25, 0.3) is 16.6 Å². The highest BCUT2D eigenvalue weighted by molar-refractivity contribution is 6.04. The zero-order valence-electron chi connectivity index (χ0n) is 22.3. The van der Waals surface area contributed by atoms with Gasteiger partial charge < -0.3 is 15.1 Å². The van der Waals surface area contributed by atoms with Gasteiger partial charge in [-0.05, 0) is 61.7 Å². The van der Waals surface area contributed by atoms with Gasteiger partial charge in [0.15, 0.2) is 5.60 Å². The highest BCUT2D eigenvalue weighted by Crippen LogP contribution is 2.37. The molecule has 0 amide bonds. The number of hydrogen-bond acceptors (Lipinski definition) is 6. The lowest BCUT2D eigenvalue weighted by Gasteiger charge is -2.27. The first-order valence-electron chi connectivity index (χ1n) is 13.2. The van der Waals surface area contributed by atoms with Crippen molar-refractivity contribution in [3.8, 4) is 5.69 Å². The van der Waals surface area contributed by atoms with Crippen LogP contribution in [-0.4, -0.2) is 37.0 Å². The van der Waals surface area contributed by atoms with E-state index in [9.17, 15) is 24.2 Å². The molecule has 2 N–H and O–H groups in total. The summed E-state index contributed by atoms with van der Waals surface area (Å²) in [7, 11) is 0. The number of halogens is 1. The summed E-state index contributed by atoms with van der Waals surface area (Å²) < 4.78 is 15.1. The monoisotopic (exact) mass is 543 g/mol. The first-order chi connectivity index (χ1) is 19.2. The van der Waals surface area contributed by atoms with Crippen LogP contribution in [0.2, 0.25) is 0 Å². The van der Waals surface area contributed by atoms with E-state index in [0.29, 0.717) is 59.4 Å². The topological polar surface area (TPSA) is 114 Å². The first kappa shape index (κ1) is 27.2. The van der Waals surface area contributed by atoms with Crippen LogP contribution in [0.15, 0.2) is 82.7 Å². The van der Waals surface area contributed by atoms with Crippen molar-refractivity contribution in [1.29, 1.82) is 0 Å². The fourth-order valence-electron chi connectivity index (χ4n) is 4.97. The van der Waals surface area contributed by atoms with Crippen molar-refractivity contribution in [1.82, 2.24) is 9.55 Å². The Balaban J connectivity index is 1.49. The number of carboxylic acid groups (broad SMARTS) is 1. The van der Waals surface area contributed by atoms with E-state index in [0.717, 1.165) is 5.56 Å². The molecule has 8 nitrogen and oxygen atoms in total. The Morgan fingerprint density at radius 2 is 1.85 bits per heavy atom. The van der Waals surface area contributed by atoms with Crippen molar-refractivity contribution in [3.05, 3.63) is 106 Å². The molecule has 1 aliphatic heterocycles. The number of aliphatic hydroxyl groups excluding tert-OH is 1. The molecule has 5 rings (SSSR count). The third kappa shape index (κ3) is 5.37. The van der Waals surface area contributed by atoms with Gasteiger partial charge in [0.2, 0.25) is 0 Å². The average Bonchev–Trinajstić information content (AvgIpc) is 3.36. The van der Waals surface area contributed by atoms with Crippen molar-refractivity contribution >= 4 is 22.6 Å². The number of nitrogens with zero attached hydrogens (tertiary/aromatic N) is 3. The average molecular weight is 544 g/mol. The number of carboxylic acids is 1. The van der Waals surface area contributed by atoms with Gasteiger partial charge in [0.1, 0.15) is 17.7 Å². The Kier molecular flexibility index (Phi) is 7.49. The fourth-order valence-corrected chi connectivity index (χ4v) is 4.97. The quantitative estimate of drug-likeness (QED) is 0.301. The van der Waals surface area contributed by atoms with Crippen molar-refractivity contribution in [2.75, 3.05) is 0 Å². The molecular weight excluding hydrogens is 513 g/mol. The SMILES string of the molecule is CC(CCCc1nc2cc(C3=NOC(C)([C@H](O)c4ccccc4)C3)ccc2c(=O)n1-c1ccc(F)cc1)C(=O)O. The lowest BCUT2D eigenvalue weighted by molar-refractivity contribution is -0.141. The molecule has 0 saturated heterocycles. The van der Waals surface area contributed by atoms with Crippen LogP contribution in [0.1, 0.15) is 56.2 Å². The molecule has 2 unspecified atom stereocenters. The predicted molar refractivity (Wildman–Crippen MR) is 149 cm³/mol. The van der Waals surface area contributed by atoms with Gasteiger partial charge in [-0.2, -0.15) is 0 Å². The van der Waals surface area contributed by atoms with E-state index in [1.807, 2.05) is 30.3 Å². The van der Waals surface area contributed by atoms with Crippen LogP contribution in [0.3, 0.4) is 0 Å². The summed E-state index contributed by atoms with van der Waals surface area (Å²) in [6, 6.07) is 20.1. The molecule has 4 aromatic rings. The number of fused-ring (bicyclic) bond motifs is 1. The Morgan fingerprint density at radius 3 is 2.55 bits per heavy atom. The summed E-state index contributed by atoms with van der Waals surface area (Å²) in [5.41, 5.74) is 1.74. The summed E-state index contributed by atoms with van der Waals surface area (Å²) in [6.07, 6.45) is 0.735. The fraction of sp³-hybridized carbons (Fsp3) is 0.290. The Bertz CT molecular complexity index is 1640. The normalized spacial score (nSPS) is 18.2. The number of hydrogen-bond donors (Lipinski definition) is 2. The highest BCUT2D eigenvalue weighted by Gasteiger charge is 2.42. The van der Waals surface area contributed by atoms with Crippen molar-refractivity contribution < 1.29 is 24.2 Å². The molecule has 0 saturated carbocycles. The van der Waals surface area contributed by atoms with E-state index in [-0.39, 0.29) is 5.56 Å². The third-order valence-corrected chi connectivity index (χ3v) is 7.39. The van der Waals surface area contributed by atoms with Crippen LogP contribution < -0.4 is 5.56 Å². The molecular formula is C31H30FN3O5. The molecule has 0 aliphatic carbocycles. The second-order valence-corrected chi connectivity index (χ2v) is 10.4. The van der Waals surface area contributed by atoms with Gasteiger partial charge in [0.05, 0.1) is 28.2 Å². The van der Waals surface area contributed by atoms with E-state index >= 15 is 0 Å². The molecule has 40 heavy (non-hydrogen) atoms. The van der Waals surface area contributed by atoms with Gasteiger partial charge in [-0.15, -0.1) is 0 Å². The van der Waals surface area contributed by atoms with Gasteiger partial charge in [0.25, 0.3) is 5.56 Å². The van der Waals surface area contributed by atoms with E-state index in [1.54, 1.807) is 32.0 Å². The first-order valence-corrected chi connectivity index (χ1v) is 13.2. The number of benzene rings is 3. The van der Waals surface area contributed by atoms with Crippen LogP contribution in [0.4, 0.5) is 4.39 Å². The molecule has 1 aromatic heterocycles. The van der Waals surface area contributed by atoms with Crippen LogP contribution in [0.5, 0.6) is 0 Å². The van der Waals surface area contributed by atoms with Gasteiger partial charge in [-0.1, -0.05) is 48.5 Å².